The fraction of sp³-hybridized carbons (Fsp3) is 0.429. The molecule has 3 nitrogen and oxygen atoms in total. The summed E-state index contributed by atoms with van der Waals surface area (Å²) in [4.78, 5) is 12.1. The fourth-order valence-corrected chi connectivity index (χ4v) is 3.93. The van der Waals surface area contributed by atoms with Crippen molar-refractivity contribution in [1.29, 1.82) is 0 Å². The molecular weight excluding hydrogens is 248 g/mol. The lowest BCUT2D eigenvalue weighted by Crippen LogP contribution is -2.20. The number of ketones is 1. The van der Waals surface area contributed by atoms with E-state index in [1.807, 2.05) is 26.0 Å². The highest BCUT2D eigenvalue weighted by molar-refractivity contribution is 7.92. The predicted octanol–water partition coefficient (Wildman–Crippen LogP) is 2.27. The number of carbonyl (C=O) groups excluding carboxylic acids is 1. The van der Waals surface area contributed by atoms with Crippen LogP contribution >= 0.6 is 0 Å². The largest absolute Gasteiger partial charge is 0.294 e. The number of sulfone groups is 1. The van der Waals surface area contributed by atoms with E-state index in [1.54, 1.807) is 12.5 Å². The van der Waals surface area contributed by atoms with E-state index < -0.39 is 15.1 Å². The molecule has 0 N–H and O–H groups in total. The summed E-state index contributed by atoms with van der Waals surface area (Å²) in [5.74, 6) is 0.0362. The highest BCUT2D eigenvalue weighted by Gasteiger charge is 2.33. The number of rotatable bonds is 3. The molecule has 1 aromatic rings. The molecular formula is C14H17O3S. The number of aryl methyl sites for hydroxylation is 2. The molecule has 0 aromatic heterocycles. The Bertz CT molecular complexity index is 573. The molecule has 97 valence electrons. The van der Waals surface area contributed by atoms with Crippen molar-refractivity contribution in [1.82, 2.24) is 0 Å². The van der Waals surface area contributed by atoms with Crippen LogP contribution in [0.2, 0.25) is 0 Å². The summed E-state index contributed by atoms with van der Waals surface area (Å²) in [5, 5.41) is -0.522. The Morgan fingerprint density at radius 3 is 2.61 bits per heavy atom. The van der Waals surface area contributed by atoms with Crippen molar-refractivity contribution < 1.29 is 13.2 Å². The number of carbonyl (C=O) groups is 1. The summed E-state index contributed by atoms with van der Waals surface area (Å²) < 4.78 is 23.4. The second-order valence-electron chi connectivity index (χ2n) is 4.92. The van der Waals surface area contributed by atoms with Crippen molar-refractivity contribution >= 4 is 15.6 Å². The van der Waals surface area contributed by atoms with Gasteiger partial charge in [-0.3, -0.25) is 4.79 Å². The molecule has 1 aliphatic heterocycles. The molecule has 1 aliphatic rings. The Hall–Kier alpha value is -1.16. The molecule has 4 heteroatoms. The van der Waals surface area contributed by atoms with Crippen LogP contribution in [0.25, 0.3) is 0 Å². The molecule has 0 bridgehead atoms. The zero-order valence-corrected chi connectivity index (χ0v) is 11.5. The topological polar surface area (TPSA) is 51.2 Å². The molecule has 1 radical (unpaired) electrons. The van der Waals surface area contributed by atoms with Crippen molar-refractivity contribution in [3.8, 4) is 0 Å². The first-order valence-corrected chi connectivity index (χ1v) is 7.75. The first-order chi connectivity index (χ1) is 8.40. The van der Waals surface area contributed by atoms with Gasteiger partial charge in [-0.05, 0) is 32.3 Å². The first kappa shape index (κ1) is 13.3. The van der Waals surface area contributed by atoms with Gasteiger partial charge in [0, 0.05) is 12.0 Å². The lowest BCUT2D eigenvalue weighted by molar-refractivity contribution is 0.0981. The molecule has 0 aliphatic carbocycles. The highest BCUT2D eigenvalue weighted by atomic mass is 32.2. The molecule has 0 saturated carbocycles. The zero-order valence-electron chi connectivity index (χ0n) is 10.6. The summed E-state index contributed by atoms with van der Waals surface area (Å²) in [6, 6.07) is 5.62. The first-order valence-electron chi connectivity index (χ1n) is 6.04. The third-order valence-electron chi connectivity index (χ3n) is 3.38. The van der Waals surface area contributed by atoms with Crippen molar-refractivity contribution in [2.45, 2.75) is 31.9 Å². The van der Waals surface area contributed by atoms with Crippen LogP contribution in [0.5, 0.6) is 0 Å². The van der Waals surface area contributed by atoms with Gasteiger partial charge in [-0.25, -0.2) is 8.42 Å². The summed E-state index contributed by atoms with van der Waals surface area (Å²) in [6.45, 7) is 3.85. The standard InChI is InChI=1S/C14H17O3S/c1-10-5-6-13(11(2)8-10)14(15)9-12-4-3-7-18(12,16)17/h3,5-6,8,12H,4,7,9H2,1-2H3. The van der Waals surface area contributed by atoms with Gasteiger partial charge in [0.25, 0.3) is 0 Å². The van der Waals surface area contributed by atoms with E-state index in [4.69, 9.17) is 0 Å². The van der Waals surface area contributed by atoms with Gasteiger partial charge < -0.3 is 0 Å². The molecule has 1 aromatic carbocycles. The summed E-state index contributed by atoms with van der Waals surface area (Å²) in [5.41, 5.74) is 2.66. The van der Waals surface area contributed by atoms with Crippen molar-refractivity contribution in [3.63, 3.8) is 0 Å². The van der Waals surface area contributed by atoms with E-state index in [1.165, 1.54) is 0 Å². The van der Waals surface area contributed by atoms with Gasteiger partial charge in [0.15, 0.2) is 15.6 Å². The van der Waals surface area contributed by atoms with Crippen LogP contribution in [-0.2, 0) is 9.84 Å². The molecule has 1 fully saturated rings. The summed E-state index contributed by atoms with van der Waals surface area (Å²) in [6.07, 6.45) is 2.34. The van der Waals surface area contributed by atoms with Crippen LogP contribution in [0, 0.1) is 20.3 Å². The van der Waals surface area contributed by atoms with Gasteiger partial charge in [0.2, 0.25) is 0 Å². The van der Waals surface area contributed by atoms with Gasteiger partial charge in [-0.15, -0.1) is 0 Å². The van der Waals surface area contributed by atoms with Crippen LogP contribution in [0.15, 0.2) is 18.2 Å². The molecule has 2 rings (SSSR count). The molecule has 18 heavy (non-hydrogen) atoms. The van der Waals surface area contributed by atoms with Crippen LogP contribution in [0.4, 0.5) is 0 Å². The Kier molecular flexibility index (Phi) is 3.57. The molecule has 1 unspecified atom stereocenters. The maximum absolute atomic E-state index is 12.1. The molecule has 0 amide bonds. The number of benzene rings is 1. The Balaban J connectivity index is 2.18. The van der Waals surface area contributed by atoms with E-state index in [2.05, 4.69) is 0 Å². The minimum atomic E-state index is -3.09. The zero-order chi connectivity index (χ0) is 13.3. The van der Waals surface area contributed by atoms with Crippen molar-refractivity contribution in [2.24, 2.45) is 0 Å². The SMILES string of the molecule is Cc1ccc(C(=O)CC2C[CH]CS2(=O)=O)c(C)c1. The molecule has 1 heterocycles. The lowest BCUT2D eigenvalue weighted by atomic mass is 9.99. The van der Waals surface area contributed by atoms with Gasteiger partial charge >= 0.3 is 0 Å². The Labute approximate surface area is 108 Å². The Morgan fingerprint density at radius 1 is 1.33 bits per heavy atom. The minimum absolute atomic E-state index is 0.0728. The van der Waals surface area contributed by atoms with Crippen LogP contribution < -0.4 is 0 Å². The third kappa shape index (κ3) is 2.64. The number of hydrogen-bond donors (Lipinski definition) is 0. The molecule has 1 atom stereocenters. The van der Waals surface area contributed by atoms with Crippen LogP contribution in [0.1, 0.15) is 34.3 Å². The van der Waals surface area contributed by atoms with Gasteiger partial charge in [0.1, 0.15) is 0 Å². The average molecular weight is 265 g/mol. The maximum Gasteiger partial charge on any atom is 0.164 e. The highest BCUT2D eigenvalue weighted by Crippen LogP contribution is 2.24. The van der Waals surface area contributed by atoms with E-state index >= 15 is 0 Å². The lowest BCUT2D eigenvalue weighted by Gasteiger charge is -2.10. The monoisotopic (exact) mass is 265 g/mol. The van der Waals surface area contributed by atoms with Gasteiger partial charge in [-0.1, -0.05) is 23.8 Å². The van der Waals surface area contributed by atoms with Gasteiger partial charge in [-0.2, -0.15) is 0 Å². The second-order valence-corrected chi connectivity index (χ2v) is 7.25. The average Bonchev–Trinajstić information content (AvgIpc) is 2.58. The van der Waals surface area contributed by atoms with Gasteiger partial charge in [0.05, 0.1) is 11.0 Å². The maximum atomic E-state index is 12.1. The second kappa shape index (κ2) is 4.84. The number of hydrogen-bond acceptors (Lipinski definition) is 3. The predicted molar refractivity (Wildman–Crippen MR) is 71.4 cm³/mol. The van der Waals surface area contributed by atoms with Crippen LogP contribution in [-0.4, -0.2) is 25.2 Å². The minimum Gasteiger partial charge on any atom is -0.294 e. The molecule has 0 spiro atoms. The van der Waals surface area contributed by atoms with Crippen molar-refractivity contribution in [3.05, 3.63) is 41.3 Å². The van der Waals surface area contributed by atoms with E-state index in [-0.39, 0.29) is 18.0 Å². The third-order valence-corrected chi connectivity index (χ3v) is 5.46. The van der Waals surface area contributed by atoms with E-state index in [0.717, 1.165) is 11.1 Å². The number of Topliss-reactive ketones (excluding diaryl/α,β-unsaturated/α-hetero) is 1. The van der Waals surface area contributed by atoms with E-state index in [0.29, 0.717) is 12.0 Å². The van der Waals surface area contributed by atoms with Crippen molar-refractivity contribution in [2.75, 3.05) is 5.75 Å². The molecule has 1 saturated heterocycles. The Morgan fingerprint density at radius 2 is 2.06 bits per heavy atom. The summed E-state index contributed by atoms with van der Waals surface area (Å²) in [7, 11) is -3.09. The van der Waals surface area contributed by atoms with E-state index in [9.17, 15) is 13.2 Å². The fourth-order valence-electron chi connectivity index (χ4n) is 2.35. The smallest absolute Gasteiger partial charge is 0.164 e. The normalized spacial score (nSPS) is 22.0. The summed E-state index contributed by atoms with van der Waals surface area (Å²) >= 11 is 0. The quantitative estimate of drug-likeness (QED) is 0.788. The van der Waals surface area contributed by atoms with Crippen LogP contribution in [0.3, 0.4) is 0 Å².